The van der Waals surface area contributed by atoms with Crippen molar-refractivity contribution >= 4 is 62.8 Å². The number of nitriles is 1. The lowest BCUT2D eigenvalue weighted by Crippen LogP contribution is -2.44. The minimum atomic E-state index is -0.534. The van der Waals surface area contributed by atoms with Crippen LogP contribution >= 0.6 is 34.8 Å². The molecule has 8 nitrogen and oxygen atoms in total. The molecule has 4 N–H and O–H groups in total. The quantitative estimate of drug-likeness (QED) is 0.159. The van der Waals surface area contributed by atoms with Gasteiger partial charge in [-0.15, -0.1) is 5.53 Å². The van der Waals surface area contributed by atoms with Gasteiger partial charge in [-0.3, -0.25) is 9.99 Å². The molecule has 1 fully saturated rings. The van der Waals surface area contributed by atoms with Crippen LogP contribution in [-0.2, 0) is 0 Å². The summed E-state index contributed by atoms with van der Waals surface area (Å²) in [6.45, 7) is 5.26. The van der Waals surface area contributed by atoms with Crippen molar-refractivity contribution in [2.75, 3.05) is 30.3 Å². The minimum Gasteiger partial charge on any atom is -0.373 e. The zero-order valence-electron chi connectivity index (χ0n) is 23.1. The van der Waals surface area contributed by atoms with Crippen molar-refractivity contribution < 1.29 is 4.39 Å². The molecule has 0 amide bonds. The Bertz CT molecular complexity index is 1740. The highest BCUT2D eigenvalue weighted by molar-refractivity contribution is 6.36. The Morgan fingerprint density at radius 3 is 2.60 bits per heavy atom. The number of likely N-dealkylation sites (tertiary alicyclic amines) is 1. The molecule has 43 heavy (non-hydrogen) atoms. The minimum absolute atomic E-state index is 0.0342. The van der Waals surface area contributed by atoms with Gasteiger partial charge < -0.3 is 21.0 Å². The maximum Gasteiger partial charge on any atom is 0.141 e. The van der Waals surface area contributed by atoms with Gasteiger partial charge in [-0.25, -0.2) is 4.39 Å². The molecule has 0 radical (unpaired) electrons. The summed E-state index contributed by atoms with van der Waals surface area (Å²) >= 11 is 19.0. The van der Waals surface area contributed by atoms with Crippen molar-refractivity contribution in [2.45, 2.75) is 25.4 Å². The molecule has 1 aromatic heterocycles. The van der Waals surface area contributed by atoms with Crippen molar-refractivity contribution in [3.63, 3.8) is 0 Å². The fourth-order valence-corrected chi connectivity index (χ4v) is 6.03. The molecule has 12 heteroatoms. The van der Waals surface area contributed by atoms with E-state index in [1.807, 2.05) is 30.3 Å². The molecule has 2 unspecified atom stereocenters. The van der Waals surface area contributed by atoms with Crippen LogP contribution in [-0.4, -0.2) is 40.6 Å². The lowest BCUT2D eigenvalue weighted by Gasteiger charge is -2.23. The zero-order chi connectivity index (χ0) is 30.1. The van der Waals surface area contributed by atoms with Crippen molar-refractivity contribution in [3.05, 3.63) is 105 Å². The summed E-state index contributed by atoms with van der Waals surface area (Å²) in [5.74, 6) is -0.534. The van der Waals surface area contributed by atoms with Crippen LogP contribution in [0.1, 0.15) is 30.5 Å². The number of fused-ring (bicyclic) bond motifs is 1. The van der Waals surface area contributed by atoms with E-state index in [1.165, 1.54) is 18.3 Å². The second-order valence-corrected chi connectivity index (χ2v) is 11.7. The number of likely N-dealkylation sites (N-methyl/N-ethyl adjacent to an activating group) is 1. The van der Waals surface area contributed by atoms with Crippen molar-refractivity contribution in [1.82, 2.24) is 25.9 Å². The second-order valence-electron chi connectivity index (χ2n) is 10.5. The van der Waals surface area contributed by atoms with Crippen molar-refractivity contribution in [1.29, 1.82) is 5.26 Å². The van der Waals surface area contributed by atoms with Gasteiger partial charge in [-0.05, 0) is 61.0 Å². The number of hydrogen-bond acceptors (Lipinski definition) is 8. The highest BCUT2D eigenvalue weighted by atomic mass is 35.5. The molecule has 0 saturated carbocycles. The van der Waals surface area contributed by atoms with E-state index in [-0.39, 0.29) is 11.1 Å². The summed E-state index contributed by atoms with van der Waals surface area (Å²) in [5, 5.41) is 20.5. The predicted octanol–water partition coefficient (Wildman–Crippen LogP) is 7.36. The van der Waals surface area contributed by atoms with Crippen LogP contribution in [0.4, 0.5) is 21.5 Å². The summed E-state index contributed by atoms with van der Waals surface area (Å²) < 4.78 is 13.8. The van der Waals surface area contributed by atoms with E-state index in [0.717, 1.165) is 37.3 Å². The lowest BCUT2D eigenvalue weighted by atomic mass is 10.0. The monoisotopic (exact) mass is 636 g/mol. The SMILES string of the molecule is CCN1CCC(N2C=C(C(Nc3cc(Cl)c4ncc(C#N)c(Nc5ccc(F)c(Cl)c5)c4c3)c3ccc(Cl)cc3)NN2)C1. The van der Waals surface area contributed by atoms with Gasteiger partial charge in [0.2, 0.25) is 0 Å². The first-order valence-corrected chi connectivity index (χ1v) is 15.0. The normalized spacial score (nSPS) is 17.4. The fourth-order valence-electron chi connectivity index (χ4n) is 5.46. The summed E-state index contributed by atoms with van der Waals surface area (Å²) in [5.41, 5.74) is 11.1. The molecular formula is C31H28Cl3FN8. The zero-order valence-corrected chi connectivity index (χ0v) is 25.4. The Hall–Kier alpha value is -3.78. The van der Waals surface area contributed by atoms with Crippen LogP contribution in [0.15, 0.2) is 72.7 Å². The number of halogens is 4. The number of pyridine rings is 1. The third kappa shape index (κ3) is 6.16. The van der Waals surface area contributed by atoms with Gasteiger partial charge in [-0.1, -0.05) is 53.9 Å². The number of aromatic nitrogens is 1. The molecule has 0 aliphatic carbocycles. The summed E-state index contributed by atoms with van der Waals surface area (Å²) in [6.07, 6.45) is 4.62. The molecule has 6 rings (SSSR count). The van der Waals surface area contributed by atoms with E-state index in [1.54, 1.807) is 12.1 Å². The largest absolute Gasteiger partial charge is 0.373 e. The van der Waals surface area contributed by atoms with Crippen LogP contribution in [0.25, 0.3) is 10.9 Å². The van der Waals surface area contributed by atoms with Gasteiger partial charge in [-0.2, -0.15) is 5.26 Å². The first kappa shape index (κ1) is 29.3. The Kier molecular flexibility index (Phi) is 8.48. The Morgan fingerprint density at radius 1 is 1.09 bits per heavy atom. The van der Waals surface area contributed by atoms with Crippen LogP contribution in [0.2, 0.25) is 15.1 Å². The van der Waals surface area contributed by atoms with E-state index >= 15 is 0 Å². The fraction of sp³-hybridized carbons (Fsp3) is 0.226. The lowest BCUT2D eigenvalue weighted by molar-refractivity contribution is 0.193. The summed E-state index contributed by atoms with van der Waals surface area (Å²) in [6, 6.07) is 17.9. The highest BCUT2D eigenvalue weighted by Crippen LogP contribution is 2.37. The van der Waals surface area contributed by atoms with Crippen LogP contribution in [0, 0.1) is 17.1 Å². The van der Waals surface area contributed by atoms with Crippen LogP contribution in [0.3, 0.4) is 0 Å². The number of hydrazine groups is 2. The number of nitrogens with one attached hydrogen (secondary N) is 4. The van der Waals surface area contributed by atoms with E-state index < -0.39 is 5.82 Å². The maximum atomic E-state index is 13.8. The average Bonchev–Trinajstić information content (AvgIpc) is 3.69. The van der Waals surface area contributed by atoms with E-state index in [0.29, 0.717) is 49.6 Å². The highest BCUT2D eigenvalue weighted by Gasteiger charge is 2.30. The number of hydrogen-bond donors (Lipinski definition) is 4. The van der Waals surface area contributed by atoms with Gasteiger partial charge in [0, 0.05) is 47.3 Å². The van der Waals surface area contributed by atoms with Gasteiger partial charge in [0.05, 0.1) is 44.6 Å². The number of nitrogens with zero attached hydrogens (tertiary/aromatic N) is 4. The molecule has 2 aliphatic rings. The molecule has 0 bridgehead atoms. The molecule has 1 saturated heterocycles. The Morgan fingerprint density at radius 2 is 1.88 bits per heavy atom. The Balaban J connectivity index is 1.38. The second kappa shape index (κ2) is 12.4. The maximum absolute atomic E-state index is 13.8. The third-order valence-electron chi connectivity index (χ3n) is 7.76. The van der Waals surface area contributed by atoms with Gasteiger partial charge in [0.25, 0.3) is 0 Å². The van der Waals surface area contributed by atoms with Gasteiger partial charge in [0.1, 0.15) is 11.9 Å². The molecular weight excluding hydrogens is 610 g/mol. The number of anilines is 3. The van der Waals surface area contributed by atoms with Crippen molar-refractivity contribution in [2.24, 2.45) is 0 Å². The molecule has 2 atom stereocenters. The van der Waals surface area contributed by atoms with Crippen LogP contribution < -0.4 is 21.6 Å². The number of benzene rings is 3. The molecule has 2 aliphatic heterocycles. The Labute approximate surface area is 264 Å². The molecule has 3 heterocycles. The molecule has 0 spiro atoms. The topological polar surface area (TPSA) is 91.3 Å². The predicted molar refractivity (Wildman–Crippen MR) is 171 cm³/mol. The van der Waals surface area contributed by atoms with Crippen LogP contribution in [0.5, 0.6) is 0 Å². The van der Waals surface area contributed by atoms with E-state index in [4.69, 9.17) is 34.8 Å². The third-order valence-corrected chi connectivity index (χ3v) is 8.58. The summed E-state index contributed by atoms with van der Waals surface area (Å²) in [4.78, 5) is 6.88. The standard InChI is InChI=1S/C31H28Cl3FN8/c1-2-42-10-9-23(16-42)43-17-28(40-41-43)30(18-3-5-20(32)6-4-18)39-22-11-24-29(38-21-7-8-27(35)25(33)12-21)19(14-36)15-37-31(24)26(34)13-22/h3-8,11-13,15,17,23,30,39-41H,2,9-10,16H2,1H3,(H,37,38). The average molecular weight is 638 g/mol. The van der Waals surface area contributed by atoms with Gasteiger partial charge in [0.15, 0.2) is 0 Å². The van der Waals surface area contributed by atoms with E-state index in [2.05, 4.69) is 55.7 Å². The smallest absolute Gasteiger partial charge is 0.141 e. The first-order chi connectivity index (χ1) is 20.8. The number of rotatable bonds is 8. The van der Waals surface area contributed by atoms with E-state index in [9.17, 15) is 9.65 Å². The van der Waals surface area contributed by atoms with Gasteiger partial charge >= 0.3 is 0 Å². The molecule has 4 aromatic rings. The first-order valence-electron chi connectivity index (χ1n) is 13.8. The summed E-state index contributed by atoms with van der Waals surface area (Å²) in [7, 11) is 0. The molecule has 220 valence electrons. The molecule has 3 aromatic carbocycles. The van der Waals surface area contributed by atoms with Crippen molar-refractivity contribution in [3.8, 4) is 6.07 Å².